The molecule has 0 aliphatic rings. The van der Waals surface area contributed by atoms with E-state index >= 15 is 0 Å². The maximum atomic E-state index is 12.1. The Labute approximate surface area is 135 Å². The average Bonchev–Trinajstić information content (AvgIpc) is 2.98. The molecule has 2 N–H and O–H groups in total. The van der Waals surface area contributed by atoms with Crippen molar-refractivity contribution in [3.05, 3.63) is 54.4 Å². The summed E-state index contributed by atoms with van der Waals surface area (Å²) in [5.74, 6) is -0.666. The van der Waals surface area contributed by atoms with E-state index in [0.29, 0.717) is 5.69 Å². The summed E-state index contributed by atoms with van der Waals surface area (Å²) in [6, 6.07) is 11.6. The van der Waals surface area contributed by atoms with Crippen LogP contribution in [-0.2, 0) is 21.7 Å². The molecule has 0 spiro atoms. The molecule has 1 heterocycles. The van der Waals surface area contributed by atoms with Crippen LogP contribution in [0.2, 0.25) is 0 Å². The number of aliphatic hydroxyl groups is 1. The second kappa shape index (κ2) is 7.43. The van der Waals surface area contributed by atoms with Crippen molar-refractivity contribution in [1.29, 1.82) is 0 Å². The summed E-state index contributed by atoms with van der Waals surface area (Å²) in [5.41, 5.74) is 0.683. The van der Waals surface area contributed by atoms with Gasteiger partial charge >= 0.3 is 0 Å². The summed E-state index contributed by atoms with van der Waals surface area (Å²) in [5, 5.41) is 12.5. The van der Waals surface area contributed by atoms with Crippen LogP contribution in [0.5, 0.6) is 0 Å². The Balaban J connectivity index is 1.83. The van der Waals surface area contributed by atoms with Crippen molar-refractivity contribution in [3.8, 4) is 0 Å². The third kappa shape index (κ3) is 4.67. The number of nitrogens with one attached hydrogen (secondary N) is 1. The summed E-state index contributed by atoms with van der Waals surface area (Å²) in [4.78, 5) is 12.0. The highest BCUT2D eigenvalue weighted by Crippen LogP contribution is 2.12. The van der Waals surface area contributed by atoms with Crippen molar-refractivity contribution in [1.82, 2.24) is 9.88 Å². The van der Waals surface area contributed by atoms with Crippen LogP contribution in [0.1, 0.15) is 18.2 Å². The van der Waals surface area contributed by atoms with Crippen molar-refractivity contribution < 1.29 is 18.3 Å². The van der Waals surface area contributed by atoms with Crippen molar-refractivity contribution in [3.63, 3.8) is 0 Å². The number of aryl methyl sites for hydroxylation is 1. The molecule has 124 valence electrons. The Bertz CT molecular complexity index is 753. The topological polar surface area (TPSA) is 88.4 Å². The van der Waals surface area contributed by atoms with Gasteiger partial charge in [-0.1, -0.05) is 18.2 Å². The molecule has 0 radical (unpaired) electrons. The summed E-state index contributed by atoms with van der Waals surface area (Å²) in [6.07, 6.45) is 0.828. The van der Waals surface area contributed by atoms with E-state index in [2.05, 4.69) is 5.32 Å². The Hall–Kier alpha value is -2.12. The second-order valence-electron chi connectivity index (χ2n) is 5.25. The monoisotopic (exact) mass is 336 g/mol. The molecule has 1 aromatic carbocycles. The van der Waals surface area contributed by atoms with Crippen molar-refractivity contribution >= 4 is 15.7 Å². The van der Waals surface area contributed by atoms with Crippen LogP contribution < -0.4 is 5.32 Å². The summed E-state index contributed by atoms with van der Waals surface area (Å²) < 4.78 is 25.9. The predicted octanol–water partition coefficient (Wildman–Crippen LogP) is 1.04. The molecule has 1 aromatic heterocycles. The van der Waals surface area contributed by atoms with Gasteiger partial charge in [-0.05, 0) is 24.3 Å². The Morgan fingerprint density at radius 1 is 1.22 bits per heavy atom. The van der Waals surface area contributed by atoms with E-state index in [1.165, 1.54) is 12.1 Å². The Morgan fingerprint density at radius 3 is 2.52 bits per heavy atom. The van der Waals surface area contributed by atoms with E-state index in [4.69, 9.17) is 0 Å². The van der Waals surface area contributed by atoms with E-state index in [1.807, 2.05) is 0 Å². The van der Waals surface area contributed by atoms with Crippen molar-refractivity contribution in [2.75, 3.05) is 12.3 Å². The SMILES string of the molecule is Cn1cccc1[C@@H](O)CNC(=O)CCS(=O)(=O)c1ccccc1. The molecular formula is C16H20N2O4S. The molecule has 0 saturated heterocycles. The first-order chi connectivity index (χ1) is 10.9. The molecule has 0 saturated carbocycles. The highest BCUT2D eigenvalue weighted by Gasteiger charge is 2.17. The van der Waals surface area contributed by atoms with Gasteiger partial charge in [-0.25, -0.2) is 8.42 Å². The third-order valence-electron chi connectivity index (χ3n) is 3.52. The minimum Gasteiger partial charge on any atom is -0.385 e. The van der Waals surface area contributed by atoms with Crippen molar-refractivity contribution in [2.45, 2.75) is 17.4 Å². The first kappa shape index (κ1) is 17.2. The maximum Gasteiger partial charge on any atom is 0.221 e. The lowest BCUT2D eigenvalue weighted by atomic mass is 10.2. The normalized spacial score (nSPS) is 12.8. The average molecular weight is 336 g/mol. The van der Waals surface area contributed by atoms with Crippen LogP contribution in [-0.4, -0.2) is 36.3 Å². The summed E-state index contributed by atoms with van der Waals surface area (Å²) >= 11 is 0. The molecular weight excluding hydrogens is 316 g/mol. The van der Waals surface area contributed by atoms with Gasteiger partial charge in [0.15, 0.2) is 9.84 Å². The number of benzene rings is 1. The lowest BCUT2D eigenvalue weighted by molar-refractivity contribution is -0.121. The molecule has 23 heavy (non-hydrogen) atoms. The Morgan fingerprint density at radius 2 is 1.91 bits per heavy atom. The smallest absolute Gasteiger partial charge is 0.221 e. The lowest BCUT2D eigenvalue weighted by Crippen LogP contribution is -2.30. The van der Waals surface area contributed by atoms with Gasteiger partial charge < -0.3 is 15.0 Å². The molecule has 2 rings (SSSR count). The largest absolute Gasteiger partial charge is 0.385 e. The number of carbonyl (C=O) groups is 1. The molecule has 0 aliphatic carbocycles. The van der Waals surface area contributed by atoms with Gasteiger partial charge in [-0.2, -0.15) is 0 Å². The number of carbonyl (C=O) groups excluding carboxylic acids is 1. The zero-order valence-electron chi connectivity index (χ0n) is 12.8. The maximum absolute atomic E-state index is 12.1. The second-order valence-corrected chi connectivity index (χ2v) is 7.35. The minimum atomic E-state index is -3.47. The number of hydrogen-bond acceptors (Lipinski definition) is 4. The van der Waals surface area contributed by atoms with E-state index in [-0.39, 0.29) is 23.6 Å². The molecule has 0 bridgehead atoms. The van der Waals surface area contributed by atoms with Gasteiger partial charge in [0.1, 0.15) is 6.10 Å². The first-order valence-electron chi connectivity index (χ1n) is 7.24. The molecule has 1 amide bonds. The molecule has 0 unspecified atom stereocenters. The number of hydrogen-bond donors (Lipinski definition) is 2. The predicted molar refractivity (Wildman–Crippen MR) is 86.5 cm³/mol. The third-order valence-corrected chi connectivity index (χ3v) is 5.25. The fraction of sp³-hybridized carbons (Fsp3) is 0.312. The van der Waals surface area contributed by atoms with Gasteiger partial charge in [0, 0.05) is 31.9 Å². The number of aromatic nitrogens is 1. The summed E-state index contributed by atoms with van der Waals surface area (Å²) in [6.45, 7) is 0.0437. The molecule has 1 atom stereocenters. The molecule has 2 aromatic rings. The number of aliphatic hydroxyl groups excluding tert-OH is 1. The quantitative estimate of drug-likeness (QED) is 0.791. The van der Waals surface area contributed by atoms with Crippen molar-refractivity contribution in [2.24, 2.45) is 7.05 Å². The molecule has 0 fully saturated rings. The Kier molecular flexibility index (Phi) is 5.57. The number of amides is 1. The van der Waals surface area contributed by atoms with E-state index in [0.717, 1.165) is 0 Å². The van der Waals surface area contributed by atoms with Crippen LogP contribution in [0.25, 0.3) is 0 Å². The van der Waals surface area contributed by atoms with Crippen LogP contribution >= 0.6 is 0 Å². The van der Waals surface area contributed by atoms with E-state index in [9.17, 15) is 18.3 Å². The fourth-order valence-corrected chi connectivity index (χ4v) is 3.46. The highest BCUT2D eigenvalue weighted by atomic mass is 32.2. The zero-order chi connectivity index (χ0) is 16.9. The van der Waals surface area contributed by atoms with Crippen LogP contribution in [0.3, 0.4) is 0 Å². The van der Waals surface area contributed by atoms with Crippen LogP contribution in [0, 0.1) is 0 Å². The minimum absolute atomic E-state index is 0.0437. The molecule has 0 aliphatic heterocycles. The number of nitrogens with zero attached hydrogens (tertiary/aromatic N) is 1. The van der Waals surface area contributed by atoms with Crippen LogP contribution in [0.15, 0.2) is 53.6 Å². The summed E-state index contributed by atoms with van der Waals surface area (Å²) in [7, 11) is -1.67. The number of rotatable bonds is 7. The molecule has 6 nitrogen and oxygen atoms in total. The number of sulfone groups is 1. The van der Waals surface area contributed by atoms with E-state index in [1.54, 1.807) is 48.1 Å². The zero-order valence-corrected chi connectivity index (χ0v) is 13.7. The lowest BCUT2D eigenvalue weighted by Gasteiger charge is -2.13. The van der Waals surface area contributed by atoms with Gasteiger partial charge in [0.05, 0.1) is 10.6 Å². The first-order valence-corrected chi connectivity index (χ1v) is 8.89. The van der Waals surface area contributed by atoms with Crippen LogP contribution in [0.4, 0.5) is 0 Å². The van der Waals surface area contributed by atoms with Gasteiger partial charge in [0.2, 0.25) is 5.91 Å². The highest BCUT2D eigenvalue weighted by molar-refractivity contribution is 7.91. The fourth-order valence-electron chi connectivity index (χ4n) is 2.20. The van der Waals surface area contributed by atoms with Gasteiger partial charge in [-0.15, -0.1) is 0 Å². The standard InChI is InChI=1S/C16H20N2O4S/c1-18-10-5-8-14(18)15(19)12-17-16(20)9-11-23(21,22)13-6-3-2-4-7-13/h2-8,10,15,19H,9,11-12H2,1H3,(H,17,20)/t15-/m0/s1. The van der Waals surface area contributed by atoms with Gasteiger partial charge in [0.25, 0.3) is 0 Å². The van der Waals surface area contributed by atoms with Gasteiger partial charge in [-0.3, -0.25) is 4.79 Å². The molecule has 7 heteroatoms. The van der Waals surface area contributed by atoms with E-state index < -0.39 is 21.8 Å².